The third-order valence-corrected chi connectivity index (χ3v) is 4.30. The molecule has 5 nitrogen and oxygen atoms in total. The predicted molar refractivity (Wildman–Crippen MR) is 97.2 cm³/mol. The van der Waals surface area contributed by atoms with Gasteiger partial charge in [-0.2, -0.15) is 31.3 Å². The quantitative estimate of drug-likeness (QED) is 0.514. The lowest BCUT2D eigenvalue weighted by molar-refractivity contribution is -0.143. The molecule has 1 N–H and O–H groups in total. The fourth-order valence-corrected chi connectivity index (χ4v) is 2.67. The first-order chi connectivity index (χ1) is 14.4. The van der Waals surface area contributed by atoms with Crippen LogP contribution in [-0.4, -0.2) is 22.6 Å². The third-order valence-electron chi connectivity index (χ3n) is 4.04. The van der Waals surface area contributed by atoms with E-state index in [1.54, 1.807) is 24.3 Å². The van der Waals surface area contributed by atoms with E-state index in [0.717, 1.165) is 0 Å². The molecular formula is C19H12ClF6N3O2. The van der Waals surface area contributed by atoms with Crippen molar-refractivity contribution in [2.24, 2.45) is 0 Å². The average Bonchev–Trinajstić information content (AvgIpc) is 3.15. The van der Waals surface area contributed by atoms with Crippen molar-refractivity contribution in [1.29, 1.82) is 0 Å². The highest BCUT2D eigenvalue weighted by molar-refractivity contribution is 6.30. The number of nitrogens with zero attached hydrogens (tertiary/aromatic N) is 2. The molecule has 0 bridgehead atoms. The molecule has 1 aromatic heterocycles. The summed E-state index contributed by atoms with van der Waals surface area (Å²) in [5.74, 6) is -0.731. The molecule has 0 aliphatic rings. The molecule has 0 atom stereocenters. The Morgan fingerprint density at radius 2 is 1.55 bits per heavy atom. The van der Waals surface area contributed by atoms with E-state index in [1.807, 2.05) is 0 Å². The van der Waals surface area contributed by atoms with Gasteiger partial charge in [0.05, 0.1) is 11.1 Å². The number of halogens is 7. The van der Waals surface area contributed by atoms with E-state index >= 15 is 0 Å². The smallest absolute Gasteiger partial charge is 0.352 e. The Kier molecular flexibility index (Phi) is 6.25. The molecule has 0 saturated carbocycles. The minimum atomic E-state index is -5.04. The second-order valence-electron chi connectivity index (χ2n) is 6.32. The van der Waals surface area contributed by atoms with Crippen LogP contribution in [0.3, 0.4) is 0 Å². The van der Waals surface area contributed by atoms with Gasteiger partial charge in [0, 0.05) is 29.1 Å². The molecule has 31 heavy (non-hydrogen) atoms. The molecule has 0 fully saturated rings. The monoisotopic (exact) mass is 463 g/mol. The fraction of sp³-hybridized carbons (Fsp3) is 0.211. The van der Waals surface area contributed by atoms with Crippen molar-refractivity contribution in [3.05, 3.63) is 70.1 Å². The van der Waals surface area contributed by atoms with Crippen LogP contribution in [0.4, 0.5) is 26.3 Å². The summed E-state index contributed by atoms with van der Waals surface area (Å²) < 4.78 is 82.4. The Balaban J connectivity index is 1.68. The molecule has 0 saturated heterocycles. The third kappa shape index (κ3) is 5.75. The van der Waals surface area contributed by atoms with Gasteiger partial charge in [-0.15, -0.1) is 0 Å². The van der Waals surface area contributed by atoms with Gasteiger partial charge in [-0.05, 0) is 42.5 Å². The average molecular weight is 464 g/mol. The summed E-state index contributed by atoms with van der Waals surface area (Å²) >= 11 is 5.79. The van der Waals surface area contributed by atoms with Crippen molar-refractivity contribution in [1.82, 2.24) is 15.5 Å². The number of alkyl halides is 6. The molecule has 0 aliphatic carbocycles. The first-order valence-corrected chi connectivity index (χ1v) is 8.97. The lowest BCUT2D eigenvalue weighted by Crippen LogP contribution is -2.26. The van der Waals surface area contributed by atoms with E-state index in [2.05, 4.69) is 15.5 Å². The summed E-state index contributed by atoms with van der Waals surface area (Å²) in [5.41, 5.74) is -3.30. The van der Waals surface area contributed by atoms with Crippen LogP contribution in [-0.2, 0) is 18.8 Å². The van der Waals surface area contributed by atoms with Crippen LogP contribution >= 0.6 is 11.6 Å². The highest BCUT2D eigenvalue weighted by Gasteiger charge is 2.37. The zero-order chi connectivity index (χ0) is 22.8. The zero-order valence-corrected chi connectivity index (χ0v) is 16.1. The SMILES string of the molecule is O=C(NCCc1nc(-c2ccc(Cl)cc2)no1)c1cc(C(F)(F)F)cc(C(F)(F)F)c1. The Bertz CT molecular complexity index is 1050. The number of aromatic nitrogens is 2. The molecule has 1 amide bonds. The van der Waals surface area contributed by atoms with Gasteiger partial charge in [-0.3, -0.25) is 4.79 Å². The standard InChI is InChI=1S/C19H12ClF6N3O2/c20-14-3-1-10(2-4-14)16-28-15(31-29-16)5-6-27-17(30)11-7-12(18(21,22)23)9-13(8-11)19(24,25)26/h1-4,7-9H,5-6H2,(H,27,30). The zero-order valence-electron chi connectivity index (χ0n) is 15.3. The van der Waals surface area contributed by atoms with E-state index < -0.39 is 35.0 Å². The number of amides is 1. The Morgan fingerprint density at radius 3 is 2.10 bits per heavy atom. The number of carbonyl (C=O) groups is 1. The maximum atomic E-state index is 12.9. The fourth-order valence-electron chi connectivity index (χ4n) is 2.54. The highest BCUT2D eigenvalue weighted by atomic mass is 35.5. The number of carbonyl (C=O) groups excluding carboxylic acids is 1. The predicted octanol–water partition coefficient (Wildman–Crippen LogP) is 5.40. The Morgan fingerprint density at radius 1 is 0.968 bits per heavy atom. The molecule has 0 unspecified atom stereocenters. The van der Waals surface area contributed by atoms with E-state index in [9.17, 15) is 31.1 Å². The van der Waals surface area contributed by atoms with Crippen molar-refractivity contribution in [3.63, 3.8) is 0 Å². The maximum Gasteiger partial charge on any atom is 0.416 e. The summed E-state index contributed by atoms with van der Waals surface area (Å²) in [6, 6.07) is 7.23. The van der Waals surface area contributed by atoms with Gasteiger partial charge < -0.3 is 9.84 Å². The van der Waals surface area contributed by atoms with Crippen molar-refractivity contribution in [2.75, 3.05) is 6.54 Å². The topological polar surface area (TPSA) is 68.0 Å². The van der Waals surface area contributed by atoms with Crippen molar-refractivity contribution in [3.8, 4) is 11.4 Å². The van der Waals surface area contributed by atoms with Crippen LogP contribution in [0.2, 0.25) is 5.02 Å². The second-order valence-corrected chi connectivity index (χ2v) is 6.76. The first kappa shape index (κ1) is 22.6. The summed E-state index contributed by atoms with van der Waals surface area (Å²) in [6.45, 7) is -0.154. The normalized spacial score (nSPS) is 12.1. The number of hydrogen-bond donors (Lipinski definition) is 1. The van der Waals surface area contributed by atoms with Crippen LogP contribution in [0.15, 0.2) is 47.0 Å². The van der Waals surface area contributed by atoms with Gasteiger partial charge in [0.25, 0.3) is 5.91 Å². The summed E-state index contributed by atoms with van der Waals surface area (Å²) in [7, 11) is 0. The van der Waals surface area contributed by atoms with Crippen LogP contribution < -0.4 is 5.32 Å². The van der Waals surface area contributed by atoms with Gasteiger partial charge in [0.1, 0.15) is 0 Å². The van der Waals surface area contributed by atoms with E-state index in [1.165, 1.54) is 0 Å². The molecule has 2 aromatic carbocycles. The van der Waals surface area contributed by atoms with E-state index in [4.69, 9.17) is 16.1 Å². The number of nitrogens with one attached hydrogen (secondary N) is 1. The van der Waals surface area contributed by atoms with Crippen LogP contribution in [0.5, 0.6) is 0 Å². The second kappa shape index (κ2) is 8.58. The van der Waals surface area contributed by atoms with Gasteiger partial charge in [0.15, 0.2) is 0 Å². The van der Waals surface area contributed by atoms with Gasteiger partial charge in [-0.25, -0.2) is 0 Å². The first-order valence-electron chi connectivity index (χ1n) is 8.60. The Labute approximate surface area is 176 Å². The number of rotatable bonds is 5. The number of hydrogen-bond acceptors (Lipinski definition) is 4. The van der Waals surface area contributed by atoms with Crippen LogP contribution in [0.1, 0.15) is 27.4 Å². The summed E-state index contributed by atoms with van der Waals surface area (Å²) in [5, 5.41) is 6.51. The molecule has 164 valence electrons. The largest absolute Gasteiger partial charge is 0.416 e. The molecule has 3 rings (SSSR count). The summed E-state index contributed by atoms with van der Waals surface area (Å²) in [4.78, 5) is 16.2. The molecule has 0 spiro atoms. The lowest BCUT2D eigenvalue weighted by Gasteiger charge is -2.14. The number of benzene rings is 2. The Hall–Kier alpha value is -3.08. The van der Waals surface area contributed by atoms with Gasteiger partial charge >= 0.3 is 12.4 Å². The minimum absolute atomic E-state index is 0.0113. The van der Waals surface area contributed by atoms with Crippen molar-refractivity contribution >= 4 is 17.5 Å². The molecule has 0 radical (unpaired) electrons. The summed E-state index contributed by atoms with van der Waals surface area (Å²) in [6.07, 6.45) is -10.1. The molecule has 0 aliphatic heterocycles. The van der Waals surface area contributed by atoms with Gasteiger partial charge in [0.2, 0.25) is 11.7 Å². The van der Waals surface area contributed by atoms with Gasteiger partial charge in [-0.1, -0.05) is 16.8 Å². The van der Waals surface area contributed by atoms with E-state index in [-0.39, 0.29) is 30.7 Å². The lowest BCUT2D eigenvalue weighted by atomic mass is 10.0. The molecule has 3 aromatic rings. The van der Waals surface area contributed by atoms with Crippen LogP contribution in [0.25, 0.3) is 11.4 Å². The van der Waals surface area contributed by atoms with Crippen molar-refractivity contribution < 1.29 is 35.7 Å². The molecular weight excluding hydrogens is 452 g/mol. The molecule has 12 heteroatoms. The molecule has 1 heterocycles. The highest BCUT2D eigenvalue weighted by Crippen LogP contribution is 2.36. The van der Waals surface area contributed by atoms with Crippen molar-refractivity contribution in [2.45, 2.75) is 18.8 Å². The minimum Gasteiger partial charge on any atom is -0.352 e. The van der Waals surface area contributed by atoms with E-state index in [0.29, 0.717) is 22.7 Å². The van der Waals surface area contributed by atoms with Crippen LogP contribution in [0, 0.1) is 0 Å². The maximum absolute atomic E-state index is 12.9.